The van der Waals surface area contributed by atoms with Crippen LogP contribution >= 0.6 is 11.3 Å². The average Bonchev–Trinajstić information content (AvgIpc) is 3.17. The molecule has 0 atom stereocenters. The highest BCUT2D eigenvalue weighted by Gasteiger charge is 2.09. The minimum Gasteiger partial charge on any atom is -0.497 e. The van der Waals surface area contributed by atoms with Gasteiger partial charge in [-0.3, -0.25) is 4.79 Å². The molecule has 0 unspecified atom stereocenters. The van der Waals surface area contributed by atoms with E-state index in [0.29, 0.717) is 17.1 Å². The number of thiophene rings is 1. The zero-order valence-corrected chi connectivity index (χ0v) is 15.2. The van der Waals surface area contributed by atoms with Crippen LogP contribution in [0.2, 0.25) is 0 Å². The van der Waals surface area contributed by atoms with E-state index in [1.165, 1.54) is 14.2 Å². The van der Waals surface area contributed by atoms with E-state index in [9.17, 15) is 4.79 Å². The second-order valence-corrected chi connectivity index (χ2v) is 6.48. The van der Waals surface area contributed by atoms with Crippen LogP contribution < -0.4 is 14.9 Å². The molecule has 0 spiro atoms. The van der Waals surface area contributed by atoms with Gasteiger partial charge in [-0.2, -0.15) is 5.10 Å². The zero-order chi connectivity index (χ0) is 18.4. The van der Waals surface area contributed by atoms with Gasteiger partial charge in [0.15, 0.2) is 0 Å². The first-order chi connectivity index (χ1) is 12.7. The van der Waals surface area contributed by atoms with Gasteiger partial charge in [-0.25, -0.2) is 5.43 Å². The molecule has 0 saturated heterocycles. The summed E-state index contributed by atoms with van der Waals surface area (Å²) in [5.41, 5.74) is 4.09. The van der Waals surface area contributed by atoms with Crippen molar-refractivity contribution in [1.82, 2.24) is 5.43 Å². The second-order valence-electron chi connectivity index (χ2n) is 5.37. The first-order valence-corrected chi connectivity index (χ1v) is 8.73. The second kappa shape index (κ2) is 8.31. The van der Waals surface area contributed by atoms with Gasteiger partial charge in [0.2, 0.25) is 0 Å². The van der Waals surface area contributed by atoms with Gasteiger partial charge in [-0.15, -0.1) is 11.3 Å². The third kappa shape index (κ3) is 4.29. The van der Waals surface area contributed by atoms with Crippen molar-refractivity contribution in [1.29, 1.82) is 0 Å². The summed E-state index contributed by atoms with van der Waals surface area (Å²) in [5.74, 6) is 0.756. The lowest BCUT2D eigenvalue weighted by Gasteiger charge is -2.07. The molecule has 1 aromatic heterocycles. The minimum atomic E-state index is -0.335. The maximum Gasteiger partial charge on any atom is 0.271 e. The van der Waals surface area contributed by atoms with Crippen LogP contribution in [0.4, 0.5) is 0 Å². The van der Waals surface area contributed by atoms with Crippen molar-refractivity contribution in [3.05, 3.63) is 71.1 Å². The van der Waals surface area contributed by atoms with Gasteiger partial charge in [0.1, 0.15) is 11.5 Å². The molecular weight excluding hydrogens is 348 g/mol. The van der Waals surface area contributed by atoms with Gasteiger partial charge < -0.3 is 9.47 Å². The Kier molecular flexibility index (Phi) is 5.66. The van der Waals surface area contributed by atoms with E-state index in [1.807, 2.05) is 30.3 Å². The molecule has 26 heavy (non-hydrogen) atoms. The summed E-state index contributed by atoms with van der Waals surface area (Å²) < 4.78 is 10.3. The highest BCUT2D eigenvalue weighted by Crippen LogP contribution is 2.27. The quantitative estimate of drug-likeness (QED) is 0.525. The van der Waals surface area contributed by atoms with Gasteiger partial charge in [0, 0.05) is 21.4 Å². The van der Waals surface area contributed by atoms with Crippen LogP contribution in [0, 0.1) is 0 Å². The summed E-state index contributed by atoms with van der Waals surface area (Å²) in [4.78, 5) is 14.4. The number of amides is 1. The number of hydrogen-bond donors (Lipinski definition) is 1. The van der Waals surface area contributed by atoms with Crippen LogP contribution in [0.5, 0.6) is 11.5 Å². The van der Waals surface area contributed by atoms with Gasteiger partial charge in [-0.05, 0) is 29.8 Å². The number of methoxy groups -OCH3 is 2. The number of carbonyl (C=O) groups excluding carboxylic acids is 1. The fourth-order valence-electron chi connectivity index (χ4n) is 2.34. The summed E-state index contributed by atoms with van der Waals surface area (Å²) in [5, 5.41) is 4.04. The molecule has 6 heteroatoms. The Labute approximate surface area is 155 Å². The molecule has 0 bridgehead atoms. The summed E-state index contributed by atoms with van der Waals surface area (Å²) >= 11 is 1.60. The number of hydrazone groups is 1. The molecule has 0 aliphatic rings. The first-order valence-electron chi connectivity index (χ1n) is 7.91. The molecule has 1 heterocycles. The molecular formula is C20H18N2O3S. The Balaban J connectivity index is 1.67. The molecule has 132 valence electrons. The van der Waals surface area contributed by atoms with Crippen LogP contribution in [0.3, 0.4) is 0 Å². The lowest BCUT2D eigenvalue weighted by atomic mass is 10.2. The molecule has 1 N–H and O–H groups in total. The molecule has 3 rings (SSSR count). The van der Waals surface area contributed by atoms with E-state index in [2.05, 4.69) is 22.7 Å². The Morgan fingerprint density at radius 1 is 1.00 bits per heavy atom. The SMILES string of the molecule is COc1cc(OC)cc(C(=O)N/N=C\c2ccc(-c3ccccc3)s2)c1. The third-order valence-electron chi connectivity index (χ3n) is 3.66. The summed E-state index contributed by atoms with van der Waals surface area (Å²) in [6.45, 7) is 0. The predicted octanol–water partition coefficient (Wildman–Crippen LogP) is 4.20. The smallest absolute Gasteiger partial charge is 0.271 e. The molecule has 0 radical (unpaired) electrons. The van der Waals surface area contributed by atoms with Crippen molar-refractivity contribution in [2.24, 2.45) is 5.10 Å². The maximum atomic E-state index is 12.3. The zero-order valence-electron chi connectivity index (χ0n) is 14.4. The monoisotopic (exact) mass is 366 g/mol. The number of carbonyl (C=O) groups is 1. The van der Waals surface area contributed by atoms with Crippen molar-refractivity contribution in [3.8, 4) is 21.9 Å². The Bertz CT molecular complexity index is 898. The van der Waals surface area contributed by atoms with Crippen LogP contribution in [0.25, 0.3) is 10.4 Å². The molecule has 1 amide bonds. The van der Waals surface area contributed by atoms with Gasteiger partial charge >= 0.3 is 0 Å². The molecule has 0 aliphatic heterocycles. The van der Waals surface area contributed by atoms with Crippen molar-refractivity contribution in [3.63, 3.8) is 0 Å². The molecule has 0 aliphatic carbocycles. The van der Waals surface area contributed by atoms with Crippen molar-refractivity contribution in [2.75, 3.05) is 14.2 Å². The van der Waals surface area contributed by atoms with Gasteiger partial charge in [-0.1, -0.05) is 30.3 Å². The van der Waals surface area contributed by atoms with E-state index in [1.54, 1.807) is 35.8 Å². The van der Waals surface area contributed by atoms with Crippen LogP contribution in [0.15, 0.2) is 65.8 Å². The highest BCUT2D eigenvalue weighted by atomic mass is 32.1. The number of nitrogens with one attached hydrogen (secondary N) is 1. The lowest BCUT2D eigenvalue weighted by molar-refractivity contribution is 0.0954. The van der Waals surface area contributed by atoms with Crippen molar-refractivity contribution < 1.29 is 14.3 Å². The third-order valence-corrected chi connectivity index (χ3v) is 4.73. The average molecular weight is 366 g/mol. The number of ether oxygens (including phenoxy) is 2. The number of hydrogen-bond acceptors (Lipinski definition) is 5. The lowest BCUT2D eigenvalue weighted by Crippen LogP contribution is -2.17. The van der Waals surface area contributed by atoms with Crippen molar-refractivity contribution in [2.45, 2.75) is 0 Å². The minimum absolute atomic E-state index is 0.335. The highest BCUT2D eigenvalue weighted by molar-refractivity contribution is 7.17. The Hall–Kier alpha value is -3.12. The fourth-order valence-corrected chi connectivity index (χ4v) is 3.22. The summed E-state index contributed by atoms with van der Waals surface area (Å²) in [6, 6.07) is 19.1. The van der Waals surface area contributed by atoms with E-state index in [-0.39, 0.29) is 5.91 Å². The topological polar surface area (TPSA) is 59.9 Å². The molecule has 2 aromatic carbocycles. The van der Waals surface area contributed by atoms with Crippen LogP contribution in [0.1, 0.15) is 15.2 Å². The fraction of sp³-hybridized carbons (Fsp3) is 0.100. The van der Waals surface area contributed by atoms with Crippen LogP contribution in [-0.4, -0.2) is 26.3 Å². The standard InChI is InChI=1S/C20H18N2O3S/c1-24-16-10-15(11-17(12-16)25-2)20(23)22-21-13-18-8-9-19(26-18)14-6-4-3-5-7-14/h3-13H,1-2H3,(H,22,23)/b21-13-. The normalized spacial score (nSPS) is 10.7. The summed E-state index contributed by atoms with van der Waals surface area (Å²) in [7, 11) is 3.07. The van der Waals surface area contributed by atoms with E-state index in [4.69, 9.17) is 9.47 Å². The van der Waals surface area contributed by atoms with Crippen molar-refractivity contribution >= 4 is 23.5 Å². The van der Waals surface area contributed by atoms with E-state index < -0.39 is 0 Å². The number of benzene rings is 2. The number of nitrogens with zero attached hydrogens (tertiary/aromatic N) is 1. The first kappa shape index (κ1) is 17.7. The Morgan fingerprint density at radius 3 is 2.35 bits per heavy atom. The largest absolute Gasteiger partial charge is 0.497 e. The van der Waals surface area contributed by atoms with E-state index in [0.717, 1.165) is 15.3 Å². The molecule has 0 saturated carbocycles. The number of rotatable bonds is 6. The van der Waals surface area contributed by atoms with Gasteiger partial charge in [0.05, 0.1) is 20.4 Å². The predicted molar refractivity (Wildman–Crippen MR) is 104 cm³/mol. The summed E-state index contributed by atoms with van der Waals surface area (Å²) in [6.07, 6.45) is 1.63. The van der Waals surface area contributed by atoms with Gasteiger partial charge in [0.25, 0.3) is 5.91 Å². The van der Waals surface area contributed by atoms with E-state index >= 15 is 0 Å². The molecule has 3 aromatic rings. The molecule has 0 fully saturated rings. The van der Waals surface area contributed by atoms with Crippen LogP contribution in [-0.2, 0) is 0 Å². The Morgan fingerprint density at radius 2 is 1.69 bits per heavy atom. The molecule has 5 nitrogen and oxygen atoms in total. The maximum absolute atomic E-state index is 12.3.